The lowest BCUT2D eigenvalue weighted by Gasteiger charge is -2.52. The number of fused-ring (bicyclic) bond motifs is 1. The summed E-state index contributed by atoms with van der Waals surface area (Å²) in [5, 5.41) is 11.8. The summed E-state index contributed by atoms with van der Waals surface area (Å²) in [4.78, 5) is 0. The number of halogens is 1. The highest BCUT2D eigenvalue weighted by Gasteiger charge is 2.52. The van der Waals surface area contributed by atoms with Crippen molar-refractivity contribution in [2.75, 3.05) is 0 Å². The van der Waals surface area contributed by atoms with Crippen LogP contribution in [0.4, 0.5) is 0 Å². The summed E-state index contributed by atoms with van der Waals surface area (Å²) in [6.45, 7) is 2.18. The van der Waals surface area contributed by atoms with Gasteiger partial charge in [-0.3, -0.25) is 0 Å². The van der Waals surface area contributed by atoms with E-state index < -0.39 is 6.10 Å². The lowest BCUT2D eigenvalue weighted by molar-refractivity contribution is -0.139. The largest absolute Gasteiger partial charge is 0.495 e. The summed E-state index contributed by atoms with van der Waals surface area (Å²) in [5.41, 5.74) is 1.85. The van der Waals surface area contributed by atoms with Crippen LogP contribution in [0, 0.1) is 11.8 Å². The highest BCUT2D eigenvalue weighted by Crippen LogP contribution is 2.53. The van der Waals surface area contributed by atoms with Crippen LogP contribution in [0.1, 0.15) is 49.3 Å². The SMILES string of the molecule is C[C@@]12OC=C[C@@H](c3ccccc3)[C@@H]1CCC[C@H]2[C@@H](O)c1ccc(Cl)cc1. The lowest BCUT2D eigenvalue weighted by Crippen LogP contribution is -2.52. The van der Waals surface area contributed by atoms with Crippen LogP contribution in [0.5, 0.6) is 0 Å². The Bertz CT molecular complexity index is 771. The molecule has 2 aromatic carbocycles. The molecule has 0 amide bonds. The van der Waals surface area contributed by atoms with Crippen LogP contribution in [0.3, 0.4) is 0 Å². The molecule has 1 fully saturated rings. The maximum atomic E-state index is 11.1. The van der Waals surface area contributed by atoms with E-state index in [-0.39, 0.29) is 11.5 Å². The molecule has 3 heteroatoms. The molecule has 26 heavy (non-hydrogen) atoms. The Hall–Kier alpha value is -1.77. The predicted octanol–water partition coefficient (Wildman–Crippen LogP) is 5.88. The Balaban J connectivity index is 1.66. The zero-order valence-corrected chi connectivity index (χ0v) is 15.8. The molecule has 136 valence electrons. The van der Waals surface area contributed by atoms with Gasteiger partial charge in [0, 0.05) is 22.8 Å². The Labute approximate surface area is 160 Å². The van der Waals surface area contributed by atoms with Gasteiger partial charge in [-0.15, -0.1) is 0 Å². The van der Waals surface area contributed by atoms with Gasteiger partial charge in [0.15, 0.2) is 0 Å². The highest BCUT2D eigenvalue weighted by atomic mass is 35.5. The summed E-state index contributed by atoms with van der Waals surface area (Å²) >= 11 is 6.01. The number of benzene rings is 2. The first-order valence-corrected chi connectivity index (χ1v) is 9.80. The second-order valence-corrected chi connectivity index (χ2v) is 8.14. The number of hydrogen-bond donors (Lipinski definition) is 1. The number of allylic oxidation sites excluding steroid dienone is 1. The van der Waals surface area contributed by atoms with Gasteiger partial charge in [-0.2, -0.15) is 0 Å². The third-order valence-electron chi connectivity index (χ3n) is 6.32. The second-order valence-electron chi connectivity index (χ2n) is 7.71. The zero-order chi connectivity index (χ0) is 18.1. The van der Waals surface area contributed by atoms with Gasteiger partial charge in [0.05, 0.1) is 12.4 Å². The molecule has 1 aliphatic carbocycles. The normalized spacial score (nSPS) is 31.7. The first kappa shape index (κ1) is 17.6. The molecule has 0 bridgehead atoms. The van der Waals surface area contributed by atoms with Crippen molar-refractivity contribution in [1.82, 2.24) is 0 Å². The van der Waals surface area contributed by atoms with E-state index >= 15 is 0 Å². The van der Waals surface area contributed by atoms with Crippen molar-refractivity contribution in [2.45, 2.75) is 43.8 Å². The average molecular weight is 369 g/mol. The fourth-order valence-electron chi connectivity index (χ4n) is 4.90. The first-order valence-electron chi connectivity index (χ1n) is 9.42. The fourth-order valence-corrected chi connectivity index (χ4v) is 5.03. The van der Waals surface area contributed by atoms with E-state index in [4.69, 9.17) is 16.3 Å². The van der Waals surface area contributed by atoms with Gasteiger partial charge in [-0.05, 0) is 49.1 Å². The standard InChI is InChI=1S/C23H25ClO2/c1-23-20(19(14-15-26-23)16-6-3-2-4-7-16)8-5-9-21(23)22(25)17-10-12-18(24)13-11-17/h2-4,6-7,10-15,19-22,25H,5,8-9H2,1H3/t19-,20-,21-,22-,23+/m0/s1. The summed E-state index contributed by atoms with van der Waals surface area (Å²) in [6, 6.07) is 18.2. The van der Waals surface area contributed by atoms with Crippen molar-refractivity contribution >= 4 is 11.6 Å². The highest BCUT2D eigenvalue weighted by molar-refractivity contribution is 6.30. The van der Waals surface area contributed by atoms with Crippen LogP contribution >= 0.6 is 11.6 Å². The molecular formula is C23H25ClO2. The molecule has 1 N–H and O–H groups in total. The minimum absolute atomic E-state index is 0.0542. The molecule has 0 aromatic heterocycles. The zero-order valence-electron chi connectivity index (χ0n) is 15.0. The summed E-state index contributed by atoms with van der Waals surface area (Å²) in [7, 11) is 0. The van der Waals surface area contributed by atoms with E-state index in [0.29, 0.717) is 16.9 Å². The van der Waals surface area contributed by atoms with Gasteiger partial charge >= 0.3 is 0 Å². The van der Waals surface area contributed by atoms with Crippen LogP contribution in [-0.4, -0.2) is 10.7 Å². The van der Waals surface area contributed by atoms with Gasteiger partial charge < -0.3 is 9.84 Å². The van der Waals surface area contributed by atoms with Gasteiger partial charge in [0.1, 0.15) is 5.60 Å². The molecule has 0 spiro atoms. The van der Waals surface area contributed by atoms with Crippen molar-refractivity contribution in [2.24, 2.45) is 11.8 Å². The Morgan fingerprint density at radius 2 is 1.81 bits per heavy atom. The fraction of sp³-hybridized carbons (Fsp3) is 0.391. The van der Waals surface area contributed by atoms with Gasteiger partial charge in [-0.25, -0.2) is 0 Å². The van der Waals surface area contributed by atoms with Gasteiger partial charge in [-0.1, -0.05) is 60.5 Å². The second kappa shape index (κ2) is 7.09. The molecule has 0 unspecified atom stereocenters. The summed E-state index contributed by atoms with van der Waals surface area (Å²) in [5.74, 6) is 0.740. The van der Waals surface area contributed by atoms with E-state index in [2.05, 4.69) is 43.3 Å². The maximum absolute atomic E-state index is 11.1. The van der Waals surface area contributed by atoms with E-state index in [0.717, 1.165) is 24.8 Å². The Morgan fingerprint density at radius 3 is 2.54 bits per heavy atom. The van der Waals surface area contributed by atoms with E-state index in [1.54, 1.807) is 0 Å². The van der Waals surface area contributed by atoms with Crippen molar-refractivity contribution in [3.63, 3.8) is 0 Å². The van der Waals surface area contributed by atoms with Crippen molar-refractivity contribution in [3.05, 3.63) is 83.1 Å². The lowest BCUT2D eigenvalue weighted by atomic mass is 9.60. The number of rotatable bonds is 3. The van der Waals surface area contributed by atoms with Crippen LogP contribution in [-0.2, 0) is 4.74 Å². The quantitative estimate of drug-likeness (QED) is 0.733. The summed E-state index contributed by atoms with van der Waals surface area (Å²) in [6.07, 6.45) is 6.66. The Morgan fingerprint density at radius 1 is 1.08 bits per heavy atom. The van der Waals surface area contributed by atoms with Gasteiger partial charge in [0.2, 0.25) is 0 Å². The molecule has 5 atom stereocenters. The molecular weight excluding hydrogens is 344 g/mol. The predicted molar refractivity (Wildman–Crippen MR) is 105 cm³/mol. The van der Waals surface area contributed by atoms with Crippen LogP contribution in [0.25, 0.3) is 0 Å². The van der Waals surface area contributed by atoms with Gasteiger partial charge in [0.25, 0.3) is 0 Å². The van der Waals surface area contributed by atoms with Crippen molar-refractivity contribution in [3.8, 4) is 0 Å². The molecule has 1 heterocycles. The first-order chi connectivity index (χ1) is 12.6. The molecule has 1 aliphatic heterocycles. The molecule has 0 radical (unpaired) electrons. The van der Waals surface area contributed by atoms with Crippen molar-refractivity contribution in [1.29, 1.82) is 0 Å². The average Bonchev–Trinajstić information content (AvgIpc) is 2.67. The molecule has 0 saturated heterocycles. The number of aliphatic hydroxyl groups is 1. The third-order valence-corrected chi connectivity index (χ3v) is 6.57. The minimum atomic E-state index is -0.553. The molecule has 4 rings (SSSR count). The third kappa shape index (κ3) is 3.06. The molecule has 1 saturated carbocycles. The van der Waals surface area contributed by atoms with Crippen LogP contribution < -0.4 is 0 Å². The maximum Gasteiger partial charge on any atom is 0.115 e. The van der Waals surface area contributed by atoms with Crippen molar-refractivity contribution < 1.29 is 9.84 Å². The Kier molecular flexibility index (Phi) is 4.81. The topological polar surface area (TPSA) is 29.5 Å². The minimum Gasteiger partial charge on any atom is -0.495 e. The molecule has 2 nitrogen and oxygen atoms in total. The number of ether oxygens (including phenoxy) is 1. The number of hydrogen-bond acceptors (Lipinski definition) is 2. The van der Waals surface area contributed by atoms with E-state index in [1.807, 2.05) is 30.5 Å². The monoisotopic (exact) mass is 368 g/mol. The molecule has 2 aromatic rings. The smallest absolute Gasteiger partial charge is 0.115 e. The number of aliphatic hydroxyl groups excluding tert-OH is 1. The molecule has 2 aliphatic rings. The van der Waals surface area contributed by atoms with E-state index in [1.165, 1.54) is 5.56 Å². The van der Waals surface area contributed by atoms with E-state index in [9.17, 15) is 5.11 Å². The van der Waals surface area contributed by atoms with Crippen LogP contribution in [0.15, 0.2) is 66.9 Å². The summed E-state index contributed by atoms with van der Waals surface area (Å²) < 4.78 is 6.23. The van der Waals surface area contributed by atoms with Crippen LogP contribution in [0.2, 0.25) is 5.02 Å².